The molecular formula is C10H20OS. The zero-order valence-corrected chi connectivity index (χ0v) is 9.46. The Labute approximate surface area is 80.3 Å². The molecule has 0 saturated carbocycles. The van der Waals surface area contributed by atoms with Crippen LogP contribution < -0.4 is 0 Å². The van der Waals surface area contributed by atoms with Gasteiger partial charge in [-0.1, -0.05) is 20.8 Å². The van der Waals surface area contributed by atoms with Gasteiger partial charge in [-0.25, -0.2) is 0 Å². The molecule has 0 aromatic rings. The van der Waals surface area contributed by atoms with E-state index in [1.54, 1.807) is 6.92 Å². The summed E-state index contributed by atoms with van der Waals surface area (Å²) in [7, 11) is 0. The highest BCUT2D eigenvalue weighted by atomic mass is 32.2. The second kappa shape index (κ2) is 5.63. The number of hydrogen-bond donors (Lipinski definition) is 0. The minimum atomic E-state index is 0.316. The van der Waals surface area contributed by atoms with Crippen molar-refractivity contribution in [3.63, 3.8) is 0 Å². The van der Waals surface area contributed by atoms with Crippen molar-refractivity contribution in [1.29, 1.82) is 0 Å². The van der Waals surface area contributed by atoms with Gasteiger partial charge in [-0.3, -0.25) is 0 Å². The van der Waals surface area contributed by atoms with Crippen LogP contribution in [0.4, 0.5) is 0 Å². The third-order valence-electron chi connectivity index (χ3n) is 1.46. The van der Waals surface area contributed by atoms with Gasteiger partial charge in [0.2, 0.25) is 0 Å². The van der Waals surface area contributed by atoms with Crippen molar-refractivity contribution >= 4 is 17.5 Å². The highest BCUT2D eigenvalue weighted by Crippen LogP contribution is 2.24. The number of Topliss-reactive ketones (excluding diaryl/α,β-unsaturated/α-hetero) is 1. The van der Waals surface area contributed by atoms with E-state index in [0.717, 1.165) is 12.8 Å². The topological polar surface area (TPSA) is 17.1 Å². The van der Waals surface area contributed by atoms with Gasteiger partial charge in [-0.15, -0.1) is 0 Å². The second-order valence-corrected chi connectivity index (χ2v) is 6.04. The average Bonchev–Trinajstić information content (AvgIpc) is 1.83. The largest absolute Gasteiger partial charge is 0.300 e. The zero-order chi connectivity index (χ0) is 9.61. The first-order chi connectivity index (χ1) is 5.42. The Morgan fingerprint density at radius 3 is 2.25 bits per heavy atom. The van der Waals surface area contributed by atoms with E-state index in [1.165, 1.54) is 12.2 Å². The maximum Gasteiger partial charge on any atom is 0.129 e. The SMILES string of the molecule is CC(=O)CCCCSC(C)(C)C. The molecule has 0 aromatic heterocycles. The third-order valence-corrected chi connectivity index (χ3v) is 2.82. The number of thioether (sulfide) groups is 1. The second-order valence-electron chi connectivity index (χ2n) is 4.12. The predicted octanol–water partition coefficient (Wildman–Crippen LogP) is 3.28. The van der Waals surface area contributed by atoms with Crippen molar-refractivity contribution in [3.05, 3.63) is 0 Å². The standard InChI is InChI=1S/C10H20OS/c1-9(11)7-5-6-8-12-10(2,3)4/h5-8H2,1-4H3. The molecule has 0 N–H and O–H groups in total. The van der Waals surface area contributed by atoms with Gasteiger partial charge in [0.15, 0.2) is 0 Å². The van der Waals surface area contributed by atoms with E-state index in [-0.39, 0.29) is 0 Å². The monoisotopic (exact) mass is 188 g/mol. The Morgan fingerprint density at radius 2 is 1.83 bits per heavy atom. The Balaban J connectivity index is 3.17. The average molecular weight is 188 g/mol. The van der Waals surface area contributed by atoms with Crippen LogP contribution in [0.1, 0.15) is 47.0 Å². The van der Waals surface area contributed by atoms with Gasteiger partial charge in [0, 0.05) is 11.2 Å². The molecule has 2 heteroatoms. The Hall–Kier alpha value is 0.0200. The summed E-state index contributed by atoms with van der Waals surface area (Å²) in [6, 6.07) is 0. The first-order valence-corrected chi connectivity index (χ1v) is 5.54. The minimum absolute atomic E-state index is 0.316. The lowest BCUT2D eigenvalue weighted by molar-refractivity contribution is -0.117. The minimum Gasteiger partial charge on any atom is -0.300 e. The van der Waals surface area contributed by atoms with Crippen LogP contribution in [0.2, 0.25) is 0 Å². The van der Waals surface area contributed by atoms with Gasteiger partial charge in [0.25, 0.3) is 0 Å². The van der Waals surface area contributed by atoms with E-state index in [2.05, 4.69) is 20.8 Å². The lowest BCUT2D eigenvalue weighted by Crippen LogP contribution is -2.08. The molecule has 0 heterocycles. The van der Waals surface area contributed by atoms with E-state index in [4.69, 9.17) is 0 Å². The molecular weight excluding hydrogens is 168 g/mol. The fraction of sp³-hybridized carbons (Fsp3) is 0.900. The van der Waals surface area contributed by atoms with Crippen molar-refractivity contribution in [2.45, 2.75) is 51.7 Å². The molecule has 0 aliphatic carbocycles. The van der Waals surface area contributed by atoms with Gasteiger partial charge in [-0.05, 0) is 25.5 Å². The highest BCUT2D eigenvalue weighted by Gasteiger charge is 2.09. The molecule has 0 fully saturated rings. The summed E-state index contributed by atoms with van der Waals surface area (Å²) in [5.74, 6) is 1.49. The lowest BCUT2D eigenvalue weighted by Gasteiger charge is -2.16. The summed E-state index contributed by atoms with van der Waals surface area (Å²) in [5.41, 5.74) is 0. The Kier molecular flexibility index (Phi) is 5.64. The van der Waals surface area contributed by atoms with Crippen LogP contribution >= 0.6 is 11.8 Å². The highest BCUT2D eigenvalue weighted by molar-refractivity contribution is 8.00. The third kappa shape index (κ3) is 10.0. The number of carbonyl (C=O) groups is 1. The normalized spacial score (nSPS) is 11.7. The first-order valence-electron chi connectivity index (χ1n) is 4.55. The van der Waals surface area contributed by atoms with Gasteiger partial charge < -0.3 is 4.79 Å². The predicted molar refractivity (Wildman–Crippen MR) is 56.7 cm³/mol. The van der Waals surface area contributed by atoms with Crippen molar-refractivity contribution < 1.29 is 4.79 Å². The lowest BCUT2D eigenvalue weighted by atomic mass is 10.2. The van der Waals surface area contributed by atoms with Crippen LogP contribution in [-0.4, -0.2) is 16.3 Å². The number of carbonyl (C=O) groups excluding carboxylic acids is 1. The van der Waals surface area contributed by atoms with E-state index < -0.39 is 0 Å². The molecule has 0 aromatic carbocycles. The summed E-state index contributed by atoms with van der Waals surface area (Å²) < 4.78 is 0.371. The maximum atomic E-state index is 10.6. The van der Waals surface area contributed by atoms with Crippen LogP contribution in [0.25, 0.3) is 0 Å². The van der Waals surface area contributed by atoms with Crippen molar-refractivity contribution in [2.24, 2.45) is 0 Å². The van der Waals surface area contributed by atoms with E-state index in [0.29, 0.717) is 10.5 Å². The summed E-state index contributed by atoms with van der Waals surface area (Å²) in [5, 5.41) is 0. The Bertz CT molecular complexity index is 135. The maximum absolute atomic E-state index is 10.6. The van der Waals surface area contributed by atoms with Gasteiger partial charge in [-0.2, -0.15) is 11.8 Å². The quantitative estimate of drug-likeness (QED) is 0.616. The van der Waals surface area contributed by atoms with E-state index >= 15 is 0 Å². The number of rotatable bonds is 5. The van der Waals surface area contributed by atoms with Crippen LogP contribution in [0, 0.1) is 0 Å². The van der Waals surface area contributed by atoms with Gasteiger partial charge >= 0.3 is 0 Å². The molecule has 12 heavy (non-hydrogen) atoms. The molecule has 0 atom stereocenters. The first kappa shape index (κ1) is 12.0. The summed E-state index contributed by atoms with van der Waals surface area (Å²) in [4.78, 5) is 10.6. The fourth-order valence-corrected chi connectivity index (χ4v) is 1.82. The number of unbranched alkanes of at least 4 members (excludes halogenated alkanes) is 1. The molecule has 0 rings (SSSR count). The number of hydrogen-bond acceptors (Lipinski definition) is 2. The smallest absolute Gasteiger partial charge is 0.129 e. The molecule has 0 unspecified atom stereocenters. The Morgan fingerprint density at radius 1 is 1.25 bits per heavy atom. The summed E-state index contributed by atoms with van der Waals surface area (Å²) >= 11 is 1.97. The van der Waals surface area contributed by atoms with Crippen LogP contribution in [0.3, 0.4) is 0 Å². The van der Waals surface area contributed by atoms with E-state index in [9.17, 15) is 4.79 Å². The summed E-state index contributed by atoms with van der Waals surface area (Å²) in [6.07, 6.45) is 2.98. The molecule has 0 aliphatic rings. The molecule has 0 radical (unpaired) electrons. The fourth-order valence-electron chi connectivity index (χ4n) is 0.854. The molecule has 72 valence electrons. The van der Waals surface area contributed by atoms with Gasteiger partial charge in [0.1, 0.15) is 5.78 Å². The van der Waals surface area contributed by atoms with Crippen molar-refractivity contribution in [2.75, 3.05) is 5.75 Å². The molecule has 0 amide bonds. The van der Waals surface area contributed by atoms with Crippen molar-refractivity contribution in [3.8, 4) is 0 Å². The zero-order valence-electron chi connectivity index (χ0n) is 8.64. The number of ketones is 1. The van der Waals surface area contributed by atoms with Crippen molar-refractivity contribution in [1.82, 2.24) is 0 Å². The van der Waals surface area contributed by atoms with Crippen LogP contribution in [0.5, 0.6) is 0 Å². The van der Waals surface area contributed by atoms with E-state index in [1.807, 2.05) is 11.8 Å². The molecule has 1 nitrogen and oxygen atoms in total. The molecule has 0 aliphatic heterocycles. The van der Waals surface area contributed by atoms with Gasteiger partial charge in [0.05, 0.1) is 0 Å². The van der Waals surface area contributed by atoms with Crippen LogP contribution in [-0.2, 0) is 4.79 Å². The molecule has 0 bridgehead atoms. The summed E-state index contributed by atoms with van der Waals surface area (Å²) in [6.45, 7) is 8.34. The molecule has 0 saturated heterocycles. The van der Waals surface area contributed by atoms with Crippen LogP contribution in [0.15, 0.2) is 0 Å². The molecule has 0 spiro atoms.